The molecule has 8 nitrogen and oxygen atoms in total. The number of nitrogens with one attached hydrogen (secondary N) is 2. The van der Waals surface area contributed by atoms with Crippen molar-refractivity contribution in [2.24, 2.45) is 5.73 Å². The van der Waals surface area contributed by atoms with Crippen LogP contribution in [0.1, 0.15) is 10.4 Å². The molecule has 1 aromatic heterocycles. The molecule has 3 aromatic rings. The first-order valence-electron chi connectivity index (χ1n) is 10.3. The average molecular weight is 419 g/mol. The van der Waals surface area contributed by atoms with E-state index in [2.05, 4.69) is 56.6 Å². The number of anilines is 1. The summed E-state index contributed by atoms with van der Waals surface area (Å²) in [5.74, 6) is -0.934. The number of rotatable bonds is 6. The van der Waals surface area contributed by atoms with Crippen LogP contribution in [-0.2, 0) is 4.79 Å². The molecule has 0 atom stereocenters. The van der Waals surface area contributed by atoms with Crippen LogP contribution in [0.4, 0.5) is 5.69 Å². The average Bonchev–Trinajstić information content (AvgIpc) is 3.28. The highest BCUT2D eigenvalue weighted by Crippen LogP contribution is 2.26. The summed E-state index contributed by atoms with van der Waals surface area (Å²) in [7, 11) is 2.15. The molecule has 4 rings (SSSR count). The maximum Gasteiger partial charge on any atom is 0.251 e. The van der Waals surface area contributed by atoms with E-state index in [4.69, 9.17) is 5.73 Å². The van der Waals surface area contributed by atoms with E-state index in [1.54, 1.807) is 18.2 Å². The SMILES string of the molecule is CN1CCN(c2ccc(-c3cc(-c4cccc(C(=O)NCC(N)=O)c4)n[nH]3)cc2)CC1. The number of likely N-dealkylation sites (N-methyl/N-ethyl adjacent to an activating group) is 1. The highest BCUT2D eigenvalue weighted by atomic mass is 16.2. The monoisotopic (exact) mass is 418 g/mol. The van der Waals surface area contributed by atoms with Gasteiger partial charge in [0, 0.05) is 43.0 Å². The Morgan fingerprint density at radius 3 is 2.48 bits per heavy atom. The first-order valence-corrected chi connectivity index (χ1v) is 10.3. The number of amides is 2. The first kappa shape index (κ1) is 20.6. The van der Waals surface area contributed by atoms with Gasteiger partial charge in [0.25, 0.3) is 5.91 Å². The number of aromatic nitrogens is 2. The maximum absolute atomic E-state index is 12.2. The van der Waals surface area contributed by atoms with Gasteiger partial charge < -0.3 is 20.9 Å². The lowest BCUT2D eigenvalue weighted by Gasteiger charge is -2.34. The van der Waals surface area contributed by atoms with Crippen LogP contribution in [0, 0.1) is 0 Å². The zero-order chi connectivity index (χ0) is 21.8. The zero-order valence-electron chi connectivity index (χ0n) is 17.5. The fourth-order valence-corrected chi connectivity index (χ4v) is 3.62. The topological polar surface area (TPSA) is 107 Å². The molecular weight excluding hydrogens is 392 g/mol. The lowest BCUT2D eigenvalue weighted by molar-refractivity contribution is -0.117. The van der Waals surface area contributed by atoms with Crippen LogP contribution in [-0.4, -0.2) is 66.7 Å². The van der Waals surface area contributed by atoms with Gasteiger partial charge in [0.1, 0.15) is 0 Å². The number of benzene rings is 2. The van der Waals surface area contributed by atoms with Gasteiger partial charge >= 0.3 is 0 Å². The number of hydrogen-bond donors (Lipinski definition) is 3. The second-order valence-electron chi connectivity index (χ2n) is 7.73. The molecule has 0 bridgehead atoms. The van der Waals surface area contributed by atoms with E-state index in [9.17, 15) is 9.59 Å². The summed E-state index contributed by atoms with van der Waals surface area (Å²) in [5.41, 5.74) is 10.3. The van der Waals surface area contributed by atoms with Gasteiger partial charge in [0.05, 0.1) is 17.9 Å². The normalized spacial score (nSPS) is 14.4. The van der Waals surface area contributed by atoms with Crippen molar-refractivity contribution in [3.05, 3.63) is 60.2 Å². The predicted molar refractivity (Wildman–Crippen MR) is 121 cm³/mol. The van der Waals surface area contributed by atoms with Crippen LogP contribution in [0.25, 0.3) is 22.5 Å². The van der Waals surface area contributed by atoms with Crippen LogP contribution < -0.4 is 16.0 Å². The highest BCUT2D eigenvalue weighted by molar-refractivity contribution is 5.97. The number of carbonyl (C=O) groups excluding carboxylic acids is 2. The largest absolute Gasteiger partial charge is 0.369 e. The maximum atomic E-state index is 12.2. The Morgan fingerprint density at radius 2 is 1.77 bits per heavy atom. The Hall–Kier alpha value is -3.65. The van der Waals surface area contributed by atoms with Crippen LogP contribution in [0.2, 0.25) is 0 Å². The third-order valence-electron chi connectivity index (χ3n) is 5.47. The van der Waals surface area contributed by atoms with E-state index < -0.39 is 5.91 Å². The van der Waals surface area contributed by atoms with Crippen molar-refractivity contribution in [2.75, 3.05) is 44.7 Å². The summed E-state index contributed by atoms with van der Waals surface area (Å²) in [6.45, 7) is 4.02. The number of carbonyl (C=O) groups is 2. The van der Waals surface area contributed by atoms with Gasteiger partial charge in [-0.15, -0.1) is 0 Å². The standard InChI is InChI=1S/C23H26N6O2/c1-28-9-11-29(12-10-28)19-7-5-16(6-8-19)20-14-21(27-26-20)17-3-2-4-18(13-17)23(31)25-15-22(24)30/h2-8,13-14H,9-12,15H2,1H3,(H2,24,30)(H,25,31)(H,26,27). The third kappa shape index (κ3) is 4.92. The smallest absolute Gasteiger partial charge is 0.251 e. The molecule has 160 valence electrons. The summed E-state index contributed by atoms with van der Waals surface area (Å²) in [4.78, 5) is 27.8. The molecule has 2 aromatic carbocycles. The van der Waals surface area contributed by atoms with Gasteiger partial charge in [0.2, 0.25) is 5.91 Å². The van der Waals surface area contributed by atoms with Crippen molar-refractivity contribution >= 4 is 17.5 Å². The van der Waals surface area contributed by atoms with E-state index in [1.807, 2.05) is 12.1 Å². The molecule has 0 unspecified atom stereocenters. The summed E-state index contributed by atoms with van der Waals surface area (Å²) < 4.78 is 0. The number of H-pyrrole nitrogens is 1. The minimum atomic E-state index is -0.583. The Morgan fingerprint density at radius 1 is 1.03 bits per heavy atom. The Kier molecular flexibility index (Phi) is 5.99. The molecule has 0 spiro atoms. The zero-order valence-corrected chi connectivity index (χ0v) is 17.5. The number of aromatic amines is 1. The van der Waals surface area contributed by atoms with Crippen molar-refractivity contribution in [1.82, 2.24) is 20.4 Å². The summed E-state index contributed by atoms with van der Waals surface area (Å²) in [5, 5.41) is 9.99. The van der Waals surface area contributed by atoms with Crippen molar-refractivity contribution < 1.29 is 9.59 Å². The molecule has 0 saturated carbocycles. The van der Waals surface area contributed by atoms with Crippen LogP contribution in [0.5, 0.6) is 0 Å². The van der Waals surface area contributed by atoms with Gasteiger partial charge in [-0.25, -0.2) is 0 Å². The Labute approximate surface area is 181 Å². The molecule has 4 N–H and O–H groups in total. The van der Waals surface area contributed by atoms with Crippen molar-refractivity contribution in [1.29, 1.82) is 0 Å². The fraction of sp³-hybridized carbons (Fsp3) is 0.261. The molecule has 0 aliphatic carbocycles. The molecular formula is C23H26N6O2. The lowest BCUT2D eigenvalue weighted by atomic mass is 10.1. The van der Waals surface area contributed by atoms with Crippen molar-refractivity contribution in [3.8, 4) is 22.5 Å². The van der Waals surface area contributed by atoms with Gasteiger partial charge in [-0.2, -0.15) is 5.10 Å². The number of piperazine rings is 1. The second-order valence-corrected chi connectivity index (χ2v) is 7.73. The van der Waals surface area contributed by atoms with E-state index >= 15 is 0 Å². The van der Waals surface area contributed by atoms with Crippen LogP contribution in [0.15, 0.2) is 54.6 Å². The van der Waals surface area contributed by atoms with Gasteiger partial charge in [-0.05, 0) is 42.9 Å². The third-order valence-corrected chi connectivity index (χ3v) is 5.47. The summed E-state index contributed by atoms with van der Waals surface area (Å²) in [6.07, 6.45) is 0. The molecule has 1 saturated heterocycles. The highest BCUT2D eigenvalue weighted by Gasteiger charge is 2.15. The molecule has 1 aliphatic rings. The first-order chi connectivity index (χ1) is 15.0. The van der Waals surface area contributed by atoms with Gasteiger partial charge in [0.15, 0.2) is 0 Å². The molecule has 31 heavy (non-hydrogen) atoms. The Balaban J connectivity index is 1.47. The van der Waals surface area contributed by atoms with Gasteiger partial charge in [-0.3, -0.25) is 14.7 Å². The quantitative estimate of drug-likeness (QED) is 0.565. The fourth-order valence-electron chi connectivity index (χ4n) is 3.62. The minimum absolute atomic E-state index is 0.195. The predicted octanol–water partition coefficient (Wildman–Crippen LogP) is 1.71. The minimum Gasteiger partial charge on any atom is -0.369 e. The van der Waals surface area contributed by atoms with Crippen molar-refractivity contribution in [2.45, 2.75) is 0 Å². The van der Waals surface area contributed by atoms with Crippen molar-refractivity contribution in [3.63, 3.8) is 0 Å². The van der Waals surface area contributed by atoms with E-state index in [0.717, 1.165) is 48.7 Å². The number of hydrogen-bond acceptors (Lipinski definition) is 5. The summed E-state index contributed by atoms with van der Waals surface area (Å²) >= 11 is 0. The Bertz CT molecular complexity index is 1070. The van der Waals surface area contributed by atoms with Crippen LogP contribution in [0.3, 0.4) is 0 Å². The molecule has 2 heterocycles. The second kappa shape index (κ2) is 9.01. The lowest BCUT2D eigenvalue weighted by Crippen LogP contribution is -2.44. The van der Waals surface area contributed by atoms with E-state index in [1.165, 1.54) is 5.69 Å². The number of primary amides is 1. The van der Waals surface area contributed by atoms with Gasteiger partial charge in [-0.1, -0.05) is 24.3 Å². The molecule has 8 heteroatoms. The summed E-state index contributed by atoms with van der Waals surface area (Å²) in [6, 6.07) is 17.5. The molecule has 1 aliphatic heterocycles. The molecule has 2 amide bonds. The van der Waals surface area contributed by atoms with E-state index in [-0.39, 0.29) is 12.5 Å². The number of nitrogens with two attached hydrogens (primary N) is 1. The van der Waals surface area contributed by atoms with Crippen LogP contribution >= 0.6 is 0 Å². The molecule has 1 fully saturated rings. The number of nitrogens with zero attached hydrogens (tertiary/aromatic N) is 3. The van der Waals surface area contributed by atoms with E-state index in [0.29, 0.717) is 5.56 Å². The molecule has 0 radical (unpaired) electrons.